The van der Waals surface area contributed by atoms with Crippen molar-refractivity contribution in [2.75, 3.05) is 0 Å². The van der Waals surface area contributed by atoms with E-state index in [0.29, 0.717) is 40.2 Å². The number of fused-ring (bicyclic) bond motifs is 2. The summed E-state index contributed by atoms with van der Waals surface area (Å²) in [7, 11) is 0. The molecule has 0 atom stereocenters. The molecule has 0 aliphatic rings. The van der Waals surface area contributed by atoms with Gasteiger partial charge in [-0.3, -0.25) is 20.2 Å². The number of nitrogens with zero attached hydrogens (tertiary/aromatic N) is 6. The minimum atomic E-state index is -0.419. The van der Waals surface area contributed by atoms with E-state index in [4.69, 9.17) is 19.9 Å². The van der Waals surface area contributed by atoms with E-state index in [1.54, 1.807) is 24.3 Å². The van der Waals surface area contributed by atoms with Gasteiger partial charge in [-0.15, -0.1) is 0 Å². The smallest absolute Gasteiger partial charge is 0.258 e. The number of aromatic nitrogens is 4. The van der Waals surface area contributed by atoms with E-state index in [0.717, 1.165) is 44.4 Å². The molecule has 51 heavy (non-hydrogen) atoms. The number of benzene rings is 6. The van der Waals surface area contributed by atoms with Crippen molar-refractivity contribution in [2.24, 2.45) is 0 Å². The van der Waals surface area contributed by atoms with E-state index in [1.165, 1.54) is 24.3 Å². The Morgan fingerprint density at radius 2 is 0.725 bits per heavy atom. The lowest BCUT2D eigenvalue weighted by molar-refractivity contribution is -0.385. The van der Waals surface area contributed by atoms with Crippen LogP contribution in [0.15, 0.2) is 146 Å². The second-order valence-corrected chi connectivity index (χ2v) is 12.0. The Morgan fingerprint density at radius 3 is 1.08 bits per heavy atom. The summed E-state index contributed by atoms with van der Waals surface area (Å²) >= 11 is 0. The van der Waals surface area contributed by atoms with Gasteiger partial charge in [0.2, 0.25) is 0 Å². The predicted molar refractivity (Wildman–Crippen MR) is 197 cm³/mol. The first-order chi connectivity index (χ1) is 24.9. The van der Waals surface area contributed by atoms with Crippen LogP contribution in [0.2, 0.25) is 0 Å². The van der Waals surface area contributed by atoms with Crippen LogP contribution in [0.4, 0.5) is 11.4 Å². The molecular weight excluding hydrogens is 640 g/mol. The van der Waals surface area contributed by atoms with Gasteiger partial charge in [-0.05, 0) is 66.1 Å². The second kappa shape index (κ2) is 13.0. The van der Waals surface area contributed by atoms with E-state index in [1.807, 2.05) is 97.1 Å². The number of hydrogen-bond acceptors (Lipinski definition) is 8. The van der Waals surface area contributed by atoms with Gasteiger partial charge in [0.15, 0.2) is 0 Å². The van der Waals surface area contributed by atoms with E-state index < -0.39 is 9.85 Å². The molecule has 0 saturated carbocycles. The lowest BCUT2D eigenvalue weighted by atomic mass is 10.0. The van der Waals surface area contributed by atoms with Crippen LogP contribution >= 0.6 is 0 Å². The van der Waals surface area contributed by atoms with Crippen molar-refractivity contribution in [1.29, 1.82) is 0 Å². The highest BCUT2D eigenvalue weighted by Crippen LogP contribution is 2.34. The summed E-state index contributed by atoms with van der Waals surface area (Å²) in [6.07, 6.45) is 0.604. The minimum absolute atomic E-state index is 0.00887. The van der Waals surface area contributed by atoms with E-state index in [9.17, 15) is 20.2 Å². The molecule has 0 bridgehead atoms. The molecule has 2 heterocycles. The van der Waals surface area contributed by atoms with Gasteiger partial charge >= 0.3 is 0 Å². The molecule has 8 aromatic rings. The van der Waals surface area contributed by atoms with E-state index in [2.05, 4.69) is 0 Å². The fourth-order valence-electron chi connectivity index (χ4n) is 6.13. The van der Waals surface area contributed by atoms with Crippen LogP contribution in [0.25, 0.3) is 67.1 Å². The maximum absolute atomic E-state index is 11.3. The molecule has 0 saturated heterocycles. The predicted octanol–water partition coefficient (Wildman–Crippen LogP) is 9.65. The van der Waals surface area contributed by atoms with Crippen LogP contribution in [0, 0.1) is 20.2 Å². The number of non-ortho nitro benzene ring substituents is 2. The Kier molecular flexibility index (Phi) is 7.93. The van der Waals surface area contributed by atoms with Crippen molar-refractivity contribution in [3.05, 3.63) is 177 Å². The molecular formula is C41H26N6O4. The highest BCUT2D eigenvalue weighted by atomic mass is 16.6. The number of hydrogen-bond donors (Lipinski definition) is 0. The zero-order valence-corrected chi connectivity index (χ0v) is 26.9. The molecule has 6 aromatic carbocycles. The molecule has 10 heteroatoms. The Hall–Kier alpha value is -7.20. The summed E-state index contributed by atoms with van der Waals surface area (Å²) in [6.45, 7) is 0. The molecule has 0 N–H and O–H groups in total. The molecule has 0 unspecified atom stereocenters. The third-order valence-electron chi connectivity index (χ3n) is 8.66. The Labute approximate surface area is 291 Å². The topological polar surface area (TPSA) is 138 Å². The second-order valence-electron chi connectivity index (χ2n) is 12.0. The van der Waals surface area contributed by atoms with Crippen molar-refractivity contribution in [2.45, 2.75) is 6.42 Å². The number of nitro groups is 2. The number of rotatable bonds is 8. The van der Waals surface area contributed by atoms with E-state index in [-0.39, 0.29) is 11.4 Å². The summed E-state index contributed by atoms with van der Waals surface area (Å²) in [5.41, 5.74) is 10.9. The molecule has 0 radical (unpaired) electrons. The first-order valence-corrected chi connectivity index (χ1v) is 16.1. The third kappa shape index (κ3) is 6.25. The van der Waals surface area contributed by atoms with Crippen LogP contribution in [0.1, 0.15) is 11.1 Å². The first kappa shape index (κ1) is 31.1. The van der Waals surface area contributed by atoms with E-state index >= 15 is 0 Å². The van der Waals surface area contributed by atoms with Gasteiger partial charge in [0, 0.05) is 46.5 Å². The summed E-state index contributed by atoms with van der Waals surface area (Å²) in [5.74, 6) is 0. The van der Waals surface area contributed by atoms with Gasteiger partial charge in [0.05, 0.1) is 54.7 Å². The van der Waals surface area contributed by atoms with Crippen molar-refractivity contribution in [3.63, 3.8) is 0 Å². The fraction of sp³-hybridized carbons (Fsp3) is 0.0244. The van der Waals surface area contributed by atoms with Crippen LogP contribution in [0.3, 0.4) is 0 Å². The molecule has 0 spiro atoms. The third-order valence-corrected chi connectivity index (χ3v) is 8.66. The summed E-state index contributed by atoms with van der Waals surface area (Å²) in [4.78, 5) is 41.8. The standard InChI is InChI=1S/C41H26N6O4/c48-46(49)32-17-13-30(14-18-32)40-39(29-9-5-2-6-10-29)44-36-24-26(12-22-35(36)43-40)23-27-11-21-34-37(25-27)45-41(31-15-19-33(20-16-31)47(50)51)38(42-34)28-7-3-1-4-8-28/h1-22,24-25H,23H2. The van der Waals surface area contributed by atoms with Crippen molar-refractivity contribution >= 4 is 33.4 Å². The molecule has 8 rings (SSSR count). The minimum Gasteiger partial charge on any atom is -0.258 e. The largest absolute Gasteiger partial charge is 0.269 e. The highest BCUT2D eigenvalue weighted by molar-refractivity contribution is 5.88. The highest BCUT2D eigenvalue weighted by Gasteiger charge is 2.17. The van der Waals surface area contributed by atoms with Crippen molar-refractivity contribution in [1.82, 2.24) is 19.9 Å². The molecule has 0 amide bonds. The average molecular weight is 667 g/mol. The van der Waals surface area contributed by atoms with Gasteiger partial charge in [0.25, 0.3) is 11.4 Å². The van der Waals surface area contributed by atoms with Gasteiger partial charge < -0.3 is 0 Å². The first-order valence-electron chi connectivity index (χ1n) is 16.1. The van der Waals surface area contributed by atoms with Crippen molar-refractivity contribution in [3.8, 4) is 45.0 Å². The van der Waals surface area contributed by atoms with Gasteiger partial charge in [-0.25, -0.2) is 19.9 Å². The Morgan fingerprint density at radius 1 is 0.392 bits per heavy atom. The van der Waals surface area contributed by atoms with Crippen LogP contribution in [0.5, 0.6) is 0 Å². The Balaban J connectivity index is 1.17. The SMILES string of the molecule is O=[N+]([O-])c1ccc(-c2nc3ccc(Cc4ccc5nc(-c6ccccc6)c(-c6ccc([N+](=O)[O-])cc6)nc5c4)cc3nc2-c2ccccc2)cc1. The maximum Gasteiger partial charge on any atom is 0.269 e. The van der Waals surface area contributed by atoms with Crippen LogP contribution in [-0.2, 0) is 6.42 Å². The Bertz CT molecular complexity index is 2600. The average Bonchev–Trinajstić information content (AvgIpc) is 3.17. The zero-order valence-electron chi connectivity index (χ0n) is 26.9. The molecule has 244 valence electrons. The molecule has 2 aromatic heterocycles. The molecule has 0 fully saturated rings. The molecule has 10 nitrogen and oxygen atoms in total. The van der Waals surface area contributed by atoms with Gasteiger partial charge in [-0.2, -0.15) is 0 Å². The van der Waals surface area contributed by atoms with Crippen molar-refractivity contribution < 1.29 is 9.85 Å². The lowest BCUT2D eigenvalue weighted by Crippen LogP contribution is -1.98. The lowest BCUT2D eigenvalue weighted by Gasteiger charge is -2.12. The quantitative estimate of drug-likeness (QED) is 0.115. The molecule has 0 aliphatic carbocycles. The number of nitro benzene ring substituents is 2. The normalized spacial score (nSPS) is 11.1. The monoisotopic (exact) mass is 666 g/mol. The van der Waals surface area contributed by atoms with Crippen LogP contribution in [-0.4, -0.2) is 29.8 Å². The zero-order chi connectivity index (χ0) is 34.9. The molecule has 0 aliphatic heterocycles. The summed E-state index contributed by atoms with van der Waals surface area (Å²) in [6, 6.07) is 44.3. The van der Waals surface area contributed by atoms with Crippen LogP contribution < -0.4 is 0 Å². The fourth-order valence-corrected chi connectivity index (χ4v) is 6.13. The maximum atomic E-state index is 11.3. The van der Waals surface area contributed by atoms with Gasteiger partial charge in [-0.1, -0.05) is 72.8 Å². The summed E-state index contributed by atoms with van der Waals surface area (Å²) < 4.78 is 0. The summed E-state index contributed by atoms with van der Waals surface area (Å²) in [5, 5.41) is 22.6. The van der Waals surface area contributed by atoms with Gasteiger partial charge in [0.1, 0.15) is 0 Å².